The van der Waals surface area contributed by atoms with Crippen molar-refractivity contribution < 1.29 is 23.9 Å². The average Bonchev–Trinajstić information content (AvgIpc) is 2.75. The van der Waals surface area contributed by atoms with Crippen LogP contribution in [0.4, 0.5) is 0 Å². The van der Waals surface area contributed by atoms with E-state index in [0.717, 1.165) is 4.90 Å². The largest absolute Gasteiger partial charge is 0.454 e. The van der Waals surface area contributed by atoms with Crippen LogP contribution in [0.25, 0.3) is 0 Å². The normalized spacial score (nSPS) is 14.7. The van der Waals surface area contributed by atoms with E-state index in [4.69, 9.17) is 4.74 Å². The number of imide groups is 1. The molecule has 0 aliphatic carbocycles. The smallest absolute Gasteiger partial charge is 0.329 e. The summed E-state index contributed by atoms with van der Waals surface area (Å²) in [6.07, 6.45) is 0. The highest BCUT2D eigenvalue weighted by Gasteiger charge is 2.41. The highest BCUT2D eigenvalue weighted by Crippen LogP contribution is 2.24. The van der Waals surface area contributed by atoms with Crippen LogP contribution in [0.1, 0.15) is 41.5 Å². The summed E-state index contributed by atoms with van der Waals surface area (Å²) in [5.41, 5.74) is 0.518. The SMILES string of the molecule is CC(C)NC(=O)COC(=O)[C@H](C)N1C(=O)c2ccccc2C1=O. The second kappa shape index (κ2) is 6.60. The number of ether oxygens (including phenoxy) is 1. The van der Waals surface area contributed by atoms with Crippen molar-refractivity contribution in [1.29, 1.82) is 0 Å². The van der Waals surface area contributed by atoms with Gasteiger partial charge in [-0.25, -0.2) is 4.79 Å². The van der Waals surface area contributed by atoms with Gasteiger partial charge in [-0.3, -0.25) is 19.3 Å². The standard InChI is InChI=1S/C16H18N2O5/c1-9(2)17-13(19)8-23-16(22)10(3)18-14(20)11-6-4-5-7-12(11)15(18)21/h4-7,9-10H,8H2,1-3H3,(H,17,19)/t10-/m0/s1. The Labute approximate surface area is 133 Å². The summed E-state index contributed by atoms with van der Waals surface area (Å²) >= 11 is 0. The molecule has 0 fully saturated rings. The van der Waals surface area contributed by atoms with E-state index in [1.165, 1.54) is 19.1 Å². The molecule has 3 amide bonds. The predicted molar refractivity (Wildman–Crippen MR) is 80.6 cm³/mol. The van der Waals surface area contributed by atoms with Crippen molar-refractivity contribution in [3.63, 3.8) is 0 Å². The Morgan fingerprint density at radius 3 is 2.09 bits per heavy atom. The maximum Gasteiger partial charge on any atom is 0.329 e. The third kappa shape index (κ3) is 3.39. The molecule has 1 N–H and O–H groups in total. The molecule has 0 saturated carbocycles. The zero-order chi connectivity index (χ0) is 17.1. The van der Waals surface area contributed by atoms with E-state index in [2.05, 4.69) is 5.32 Å². The molecule has 7 nitrogen and oxygen atoms in total. The summed E-state index contributed by atoms with van der Waals surface area (Å²) in [6, 6.07) is 5.18. The van der Waals surface area contributed by atoms with Crippen molar-refractivity contribution in [1.82, 2.24) is 10.2 Å². The summed E-state index contributed by atoms with van der Waals surface area (Å²) in [4.78, 5) is 48.9. The topological polar surface area (TPSA) is 92.8 Å². The fourth-order valence-electron chi connectivity index (χ4n) is 2.29. The molecule has 1 heterocycles. The molecule has 0 radical (unpaired) electrons. The first-order valence-corrected chi connectivity index (χ1v) is 7.26. The molecule has 0 saturated heterocycles. The second-order valence-electron chi connectivity index (χ2n) is 5.53. The molecular weight excluding hydrogens is 300 g/mol. The maximum atomic E-state index is 12.3. The maximum absolute atomic E-state index is 12.3. The van der Waals surface area contributed by atoms with Gasteiger partial charge in [-0.05, 0) is 32.9 Å². The highest BCUT2D eigenvalue weighted by molar-refractivity contribution is 6.22. The van der Waals surface area contributed by atoms with E-state index in [9.17, 15) is 19.2 Å². The summed E-state index contributed by atoms with van der Waals surface area (Å²) in [6.45, 7) is 4.50. The molecule has 1 atom stereocenters. The minimum absolute atomic E-state index is 0.0742. The number of carbonyl (C=O) groups is 4. The summed E-state index contributed by atoms with van der Waals surface area (Å²) in [5, 5.41) is 2.57. The van der Waals surface area contributed by atoms with Crippen LogP contribution in [0.15, 0.2) is 24.3 Å². The lowest BCUT2D eigenvalue weighted by Crippen LogP contribution is -2.44. The van der Waals surface area contributed by atoms with E-state index >= 15 is 0 Å². The number of esters is 1. The number of rotatable bonds is 5. The Morgan fingerprint density at radius 2 is 1.61 bits per heavy atom. The second-order valence-corrected chi connectivity index (χ2v) is 5.53. The Bertz CT molecular complexity index is 633. The van der Waals surface area contributed by atoms with Crippen LogP contribution in [0.2, 0.25) is 0 Å². The minimum Gasteiger partial charge on any atom is -0.454 e. The van der Waals surface area contributed by atoms with Crippen molar-refractivity contribution in [2.45, 2.75) is 32.9 Å². The first-order valence-electron chi connectivity index (χ1n) is 7.26. The zero-order valence-electron chi connectivity index (χ0n) is 13.2. The molecule has 2 rings (SSSR count). The van der Waals surface area contributed by atoms with Gasteiger partial charge in [0.05, 0.1) is 11.1 Å². The average molecular weight is 318 g/mol. The fourth-order valence-corrected chi connectivity index (χ4v) is 2.29. The summed E-state index contributed by atoms with van der Waals surface area (Å²) in [5.74, 6) is -2.33. The monoisotopic (exact) mass is 318 g/mol. The van der Waals surface area contributed by atoms with E-state index < -0.39 is 36.3 Å². The van der Waals surface area contributed by atoms with Gasteiger partial charge < -0.3 is 10.1 Å². The van der Waals surface area contributed by atoms with Gasteiger partial charge in [0.2, 0.25) is 0 Å². The van der Waals surface area contributed by atoms with Gasteiger partial charge >= 0.3 is 5.97 Å². The molecule has 23 heavy (non-hydrogen) atoms. The van der Waals surface area contributed by atoms with Crippen LogP contribution in [0.3, 0.4) is 0 Å². The molecule has 0 spiro atoms. The Morgan fingerprint density at radius 1 is 1.09 bits per heavy atom. The van der Waals surface area contributed by atoms with Gasteiger partial charge in [-0.15, -0.1) is 0 Å². The van der Waals surface area contributed by atoms with Crippen molar-refractivity contribution in [2.24, 2.45) is 0 Å². The molecular formula is C16H18N2O5. The lowest BCUT2D eigenvalue weighted by molar-refractivity contribution is -0.152. The van der Waals surface area contributed by atoms with Crippen molar-refractivity contribution in [3.8, 4) is 0 Å². The lowest BCUT2D eigenvalue weighted by Gasteiger charge is -2.20. The predicted octanol–water partition coefficient (Wildman–Crippen LogP) is 0.739. The van der Waals surface area contributed by atoms with E-state index in [1.807, 2.05) is 0 Å². The molecule has 1 aliphatic rings. The van der Waals surface area contributed by atoms with Gasteiger partial charge in [-0.1, -0.05) is 12.1 Å². The molecule has 1 aliphatic heterocycles. The number of carbonyl (C=O) groups excluding carboxylic acids is 4. The number of benzene rings is 1. The summed E-state index contributed by atoms with van der Waals surface area (Å²) in [7, 11) is 0. The van der Waals surface area contributed by atoms with Crippen LogP contribution in [-0.4, -0.2) is 47.3 Å². The quantitative estimate of drug-likeness (QED) is 0.638. The Balaban J connectivity index is 2.02. The highest BCUT2D eigenvalue weighted by atomic mass is 16.5. The number of amides is 3. The molecule has 7 heteroatoms. The molecule has 122 valence electrons. The Hall–Kier alpha value is -2.70. The van der Waals surface area contributed by atoms with Gasteiger partial charge in [0.1, 0.15) is 6.04 Å². The number of hydrogen-bond donors (Lipinski definition) is 1. The van der Waals surface area contributed by atoms with Crippen LogP contribution in [0.5, 0.6) is 0 Å². The van der Waals surface area contributed by atoms with Crippen LogP contribution >= 0.6 is 0 Å². The van der Waals surface area contributed by atoms with Crippen molar-refractivity contribution >= 4 is 23.7 Å². The van der Waals surface area contributed by atoms with Gasteiger partial charge in [0.15, 0.2) is 6.61 Å². The number of nitrogens with zero attached hydrogens (tertiary/aromatic N) is 1. The minimum atomic E-state index is -1.10. The van der Waals surface area contributed by atoms with Crippen molar-refractivity contribution in [3.05, 3.63) is 35.4 Å². The Kier molecular flexibility index (Phi) is 4.78. The van der Waals surface area contributed by atoms with Crippen molar-refractivity contribution in [2.75, 3.05) is 6.61 Å². The number of nitrogens with one attached hydrogen (secondary N) is 1. The van der Waals surface area contributed by atoms with E-state index in [-0.39, 0.29) is 17.2 Å². The zero-order valence-corrected chi connectivity index (χ0v) is 13.2. The third-order valence-electron chi connectivity index (χ3n) is 3.35. The molecule has 0 unspecified atom stereocenters. The first kappa shape index (κ1) is 16.7. The van der Waals surface area contributed by atoms with Gasteiger partial charge in [-0.2, -0.15) is 0 Å². The third-order valence-corrected chi connectivity index (χ3v) is 3.35. The van der Waals surface area contributed by atoms with Crippen LogP contribution in [-0.2, 0) is 14.3 Å². The molecule has 0 aromatic heterocycles. The van der Waals surface area contributed by atoms with Gasteiger partial charge in [0, 0.05) is 6.04 Å². The molecule has 1 aromatic carbocycles. The van der Waals surface area contributed by atoms with Crippen LogP contribution < -0.4 is 5.32 Å². The first-order chi connectivity index (χ1) is 10.8. The number of hydrogen-bond acceptors (Lipinski definition) is 5. The van der Waals surface area contributed by atoms with E-state index in [1.54, 1.807) is 26.0 Å². The number of fused-ring (bicyclic) bond motifs is 1. The van der Waals surface area contributed by atoms with E-state index in [0.29, 0.717) is 0 Å². The van der Waals surface area contributed by atoms with Gasteiger partial charge in [0.25, 0.3) is 17.7 Å². The molecule has 1 aromatic rings. The summed E-state index contributed by atoms with van der Waals surface area (Å²) < 4.78 is 4.88. The van der Waals surface area contributed by atoms with Crippen LogP contribution in [0, 0.1) is 0 Å². The lowest BCUT2D eigenvalue weighted by atomic mass is 10.1. The molecule has 0 bridgehead atoms. The fraction of sp³-hybridized carbons (Fsp3) is 0.375.